The SMILES string of the molecule is CN1C(=O)[C@@H](CC(=O)OC(C)(C)C)CNc2ccccc21. The summed E-state index contributed by atoms with van der Waals surface area (Å²) in [5.41, 5.74) is 1.20. The summed E-state index contributed by atoms with van der Waals surface area (Å²) in [7, 11) is 1.73. The molecule has 0 saturated heterocycles. The van der Waals surface area contributed by atoms with Crippen LogP contribution in [0, 0.1) is 5.92 Å². The van der Waals surface area contributed by atoms with Gasteiger partial charge in [0.15, 0.2) is 0 Å². The molecule has 114 valence electrons. The van der Waals surface area contributed by atoms with Crippen LogP contribution in [-0.4, -0.2) is 31.1 Å². The van der Waals surface area contributed by atoms with Crippen LogP contribution >= 0.6 is 0 Å². The van der Waals surface area contributed by atoms with Crippen LogP contribution in [0.4, 0.5) is 11.4 Å². The van der Waals surface area contributed by atoms with Crippen LogP contribution in [0.3, 0.4) is 0 Å². The van der Waals surface area contributed by atoms with E-state index >= 15 is 0 Å². The molecule has 2 rings (SSSR count). The Labute approximate surface area is 125 Å². The standard InChI is InChI=1S/C16H22N2O3/c1-16(2,3)21-14(19)9-11-10-17-12-7-5-6-8-13(12)18(4)15(11)20/h5-8,11,17H,9-10H2,1-4H3/t11-/m0/s1. The minimum atomic E-state index is -0.535. The van der Waals surface area contributed by atoms with Gasteiger partial charge in [0.05, 0.1) is 23.7 Å². The number of fused-ring (bicyclic) bond motifs is 1. The highest BCUT2D eigenvalue weighted by molar-refractivity contribution is 6.00. The number of rotatable bonds is 2. The fraction of sp³-hybridized carbons (Fsp3) is 0.500. The van der Waals surface area contributed by atoms with E-state index in [4.69, 9.17) is 4.74 Å². The summed E-state index contributed by atoms with van der Waals surface area (Å²) >= 11 is 0. The van der Waals surface area contributed by atoms with Gasteiger partial charge in [0.25, 0.3) is 0 Å². The molecule has 1 aromatic rings. The maximum atomic E-state index is 12.5. The first-order valence-corrected chi connectivity index (χ1v) is 7.10. The van der Waals surface area contributed by atoms with Crippen molar-refractivity contribution >= 4 is 23.3 Å². The van der Waals surface area contributed by atoms with Crippen molar-refractivity contribution in [1.82, 2.24) is 0 Å². The van der Waals surface area contributed by atoms with Crippen molar-refractivity contribution in [2.45, 2.75) is 32.8 Å². The van der Waals surface area contributed by atoms with Crippen LogP contribution in [0.25, 0.3) is 0 Å². The third-order valence-electron chi connectivity index (χ3n) is 3.32. The molecule has 0 spiro atoms. The van der Waals surface area contributed by atoms with Gasteiger partial charge in [-0.25, -0.2) is 0 Å². The second-order valence-electron chi connectivity index (χ2n) is 6.28. The number of benzene rings is 1. The lowest BCUT2D eigenvalue weighted by atomic mass is 10.0. The number of carbonyl (C=O) groups excluding carboxylic acids is 2. The quantitative estimate of drug-likeness (QED) is 0.850. The molecule has 0 saturated carbocycles. The smallest absolute Gasteiger partial charge is 0.307 e. The Morgan fingerprint density at radius 3 is 2.71 bits per heavy atom. The molecule has 1 atom stereocenters. The number of amides is 1. The molecular weight excluding hydrogens is 268 g/mol. The summed E-state index contributed by atoms with van der Waals surface area (Å²) in [6.45, 7) is 5.89. The third-order valence-corrected chi connectivity index (χ3v) is 3.32. The maximum absolute atomic E-state index is 12.5. The van der Waals surface area contributed by atoms with Crippen molar-refractivity contribution in [1.29, 1.82) is 0 Å². The number of carbonyl (C=O) groups is 2. The second kappa shape index (κ2) is 5.76. The summed E-state index contributed by atoms with van der Waals surface area (Å²) in [5.74, 6) is -0.836. The van der Waals surface area contributed by atoms with E-state index in [2.05, 4.69) is 5.32 Å². The van der Waals surface area contributed by atoms with Gasteiger partial charge < -0.3 is 15.0 Å². The molecule has 0 bridgehead atoms. The van der Waals surface area contributed by atoms with Crippen molar-refractivity contribution < 1.29 is 14.3 Å². The summed E-state index contributed by atoms with van der Waals surface area (Å²) < 4.78 is 5.30. The number of esters is 1. The molecule has 1 aliphatic rings. The summed E-state index contributed by atoms with van der Waals surface area (Å²) in [4.78, 5) is 26.0. The molecule has 1 aliphatic heterocycles. The Morgan fingerprint density at radius 1 is 1.38 bits per heavy atom. The van der Waals surface area contributed by atoms with E-state index < -0.39 is 11.5 Å². The van der Waals surface area contributed by atoms with Gasteiger partial charge >= 0.3 is 5.97 Å². The van der Waals surface area contributed by atoms with Gasteiger partial charge in [-0.15, -0.1) is 0 Å². The Hall–Kier alpha value is -2.04. The van der Waals surface area contributed by atoms with Crippen molar-refractivity contribution in [3.05, 3.63) is 24.3 Å². The lowest BCUT2D eigenvalue weighted by molar-refractivity contribution is -0.156. The molecule has 0 unspecified atom stereocenters. The van der Waals surface area contributed by atoms with Gasteiger partial charge in [-0.3, -0.25) is 9.59 Å². The van der Waals surface area contributed by atoms with Gasteiger partial charge in [-0.2, -0.15) is 0 Å². The van der Waals surface area contributed by atoms with E-state index in [1.165, 1.54) is 0 Å². The molecule has 1 amide bonds. The molecule has 0 fully saturated rings. The lowest BCUT2D eigenvalue weighted by Crippen LogP contribution is -2.36. The van der Waals surface area contributed by atoms with Crippen LogP contribution < -0.4 is 10.2 Å². The molecule has 0 radical (unpaired) electrons. The largest absolute Gasteiger partial charge is 0.460 e. The molecule has 5 nitrogen and oxygen atoms in total. The number of anilines is 2. The average molecular weight is 290 g/mol. The zero-order valence-corrected chi connectivity index (χ0v) is 13.0. The first-order chi connectivity index (χ1) is 9.78. The van der Waals surface area contributed by atoms with Gasteiger partial charge in [0, 0.05) is 13.6 Å². The van der Waals surface area contributed by atoms with Gasteiger partial charge in [-0.05, 0) is 32.9 Å². The van der Waals surface area contributed by atoms with Crippen molar-refractivity contribution in [2.75, 3.05) is 23.8 Å². The second-order valence-corrected chi connectivity index (χ2v) is 6.28. The molecule has 1 N–H and O–H groups in total. The highest BCUT2D eigenvalue weighted by atomic mass is 16.6. The predicted molar refractivity (Wildman–Crippen MR) is 82.3 cm³/mol. The summed E-state index contributed by atoms with van der Waals surface area (Å²) in [5, 5.41) is 3.23. The minimum Gasteiger partial charge on any atom is -0.460 e. The van der Waals surface area contributed by atoms with Crippen LogP contribution in [0.15, 0.2) is 24.3 Å². The lowest BCUT2D eigenvalue weighted by Gasteiger charge is -2.23. The third kappa shape index (κ3) is 3.74. The van der Waals surface area contributed by atoms with E-state index in [1.807, 2.05) is 45.0 Å². The number of hydrogen-bond donors (Lipinski definition) is 1. The fourth-order valence-electron chi connectivity index (χ4n) is 2.37. The van der Waals surface area contributed by atoms with Crippen LogP contribution in [0.5, 0.6) is 0 Å². The molecule has 0 aliphatic carbocycles. The van der Waals surface area contributed by atoms with E-state index in [1.54, 1.807) is 11.9 Å². The molecule has 1 heterocycles. The van der Waals surface area contributed by atoms with Gasteiger partial charge in [0.1, 0.15) is 5.60 Å². The normalized spacial score (nSPS) is 18.6. The summed E-state index contributed by atoms with van der Waals surface area (Å²) in [6, 6.07) is 7.61. The number of ether oxygens (including phenoxy) is 1. The van der Waals surface area contributed by atoms with E-state index in [0.717, 1.165) is 11.4 Å². The van der Waals surface area contributed by atoms with Gasteiger partial charge in [-0.1, -0.05) is 12.1 Å². The average Bonchev–Trinajstić information content (AvgIpc) is 2.50. The maximum Gasteiger partial charge on any atom is 0.307 e. The molecule has 21 heavy (non-hydrogen) atoms. The van der Waals surface area contributed by atoms with Crippen LogP contribution in [-0.2, 0) is 14.3 Å². The number of nitrogens with one attached hydrogen (secondary N) is 1. The Kier molecular flexibility index (Phi) is 4.21. The van der Waals surface area contributed by atoms with E-state index in [9.17, 15) is 9.59 Å². The predicted octanol–water partition coefficient (Wildman–Crippen LogP) is 2.42. The topological polar surface area (TPSA) is 58.6 Å². The van der Waals surface area contributed by atoms with Gasteiger partial charge in [0.2, 0.25) is 5.91 Å². The monoisotopic (exact) mass is 290 g/mol. The fourth-order valence-corrected chi connectivity index (χ4v) is 2.37. The van der Waals surface area contributed by atoms with E-state index in [-0.39, 0.29) is 18.3 Å². The highest BCUT2D eigenvalue weighted by Crippen LogP contribution is 2.29. The van der Waals surface area contributed by atoms with E-state index in [0.29, 0.717) is 6.54 Å². The van der Waals surface area contributed by atoms with Crippen molar-refractivity contribution in [3.8, 4) is 0 Å². The Balaban J connectivity index is 2.11. The first-order valence-electron chi connectivity index (χ1n) is 7.10. The van der Waals surface area contributed by atoms with Crippen LogP contribution in [0.2, 0.25) is 0 Å². The molecule has 0 aromatic heterocycles. The zero-order valence-electron chi connectivity index (χ0n) is 13.0. The Bertz CT molecular complexity index is 549. The van der Waals surface area contributed by atoms with Crippen molar-refractivity contribution in [3.63, 3.8) is 0 Å². The Morgan fingerprint density at radius 2 is 2.05 bits per heavy atom. The number of hydrogen-bond acceptors (Lipinski definition) is 4. The zero-order chi connectivity index (χ0) is 15.6. The molecule has 1 aromatic carbocycles. The van der Waals surface area contributed by atoms with Crippen LogP contribution in [0.1, 0.15) is 27.2 Å². The highest BCUT2D eigenvalue weighted by Gasteiger charge is 2.31. The summed E-state index contributed by atoms with van der Waals surface area (Å²) in [6.07, 6.45) is 0.0848. The number of para-hydroxylation sites is 2. The first kappa shape index (κ1) is 15.4. The van der Waals surface area contributed by atoms with Crippen molar-refractivity contribution in [2.24, 2.45) is 5.92 Å². The number of nitrogens with zero attached hydrogens (tertiary/aromatic N) is 1. The molecular formula is C16H22N2O3. The molecule has 5 heteroatoms. The minimum absolute atomic E-state index is 0.0710.